The molecule has 0 radical (unpaired) electrons. The summed E-state index contributed by atoms with van der Waals surface area (Å²) in [5, 5.41) is 14.6. The minimum Gasteiger partial charge on any atom is -0.493 e. The zero-order valence-corrected chi connectivity index (χ0v) is 16.1. The van der Waals surface area contributed by atoms with Crippen molar-refractivity contribution < 1.29 is 24.2 Å². The fourth-order valence-corrected chi connectivity index (χ4v) is 2.83. The SMILES string of the molecule is COc1ccc(CNC(=O)NC(CCC(=O)O)Cc2ccccc2)cc1OC. The molecular formula is C21H26N2O5. The first-order valence-electron chi connectivity index (χ1n) is 9.02. The maximum atomic E-state index is 12.3. The first kappa shape index (κ1) is 21.1. The van der Waals surface area contributed by atoms with Crippen LogP contribution in [0.5, 0.6) is 11.5 Å². The van der Waals surface area contributed by atoms with Crippen LogP contribution < -0.4 is 20.1 Å². The van der Waals surface area contributed by atoms with Crippen LogP contribution in [0.25, 0.3) is 0 Å². The third-order valence-corrected chi connectivity index (χ3v) is 4.27. The van der Waals surface area contributed by atoms with Gasteiger partial charge in [0.1, 0.15) is 0 Å². The molecule has 28 heavy (non-hydrogen) atoms. The maximum Gasteiger partial charge on any atom is 0.315 e. The Balaban J connectivity index is 1.93. The highest BCUT2D eigenvalue weighted by molar-refractivity contribution is 5.74. The number of methoxy groups -OCH3 is 2. The molecule has 2 aromatic carbocycles. The Hall–Kier alpha value is -3.22. The minimum absolute atomic E-state index is 0.00649. The Morgan fingerprint density at radius 1 is 1.00 bits per heavy atom. The average molecular weight is 386 g/mol. The van der Waals surface area contributed by atoms with Crippen LogP contribution in [0.15, 0.2) is 48.5 Å². The molecule has 2 amide bonds. The Morgan fingerprint density at radius 2 is 1.71 bits per heavy atom. The van der Waals surface area contributed by atoms with Gasteiger partial charge in [0.15, 0.2) is 11.5 Å². The van der Waals surface area contributed by atoms with Gasteiger partial charge in [-0.05, 0) is 36.1 Å². The quantitative estimate of drug-likeness (QED) is 0.583. The highest BCUT2D eigenvalue weighted by Gasteiger charge is 2.15. The van der Waals surface area contributed by atoms with E-state index in [1.54, 1.807) is 26.4 Å². The molecule has 0 saturated carbocycles. The van der Waals surface area contributed by atoms with E-state index in [0.717, 1.165) is 11.1 Å². The van der Waals surface area contributed by atoms with Crippen molar-refractivity contribution in [1.29, 1.82) is 0 Å². The summed E-state index contributed by atoms with van der Waals surface area (Å²) in [6, 6.07) is 14.5. The number of urea groups is 1. The van der Waals surface area contributed by atoms with E-state index in [4.69, 9.17) is 14.6 Å². The zero-order chi connectivity index (χ0) is 20.4. The van der Waals surface area contributed by atoms with Crippen molar-refractivity contribution >= 4 is 12.0 Å². The number of hydrogen-bond acceptors (Lipinski definition) is 4. The van der Waals surface area contributed by atoms with Crippen LogP contribution in [0.3, 0.4) is 0 Å². The van der Waals surface area contributed by atoms with Gasteiger partial charge >= 0.3 is 12.0 Å². The Labute approximate surface area is 164 Å². The van der Waals surface area contributed by atoms with E-state index in [9.17, 15) is 9.59 Å². The van der Waals surface area contributed by atoms with E-state index in [1.165, 1.54) is 0 Å². The summed E-state index contributed by atoms with van der Waals surface area (Å²) < 4.78 is 10.5. The predicted molar refractivity (Wildman–Crippen MR) is 106 cm³/mol. The van der Waals surface area contributed by atoms with Gasteiger partial charge in [-0.3, -0.25) is 4.79 Å². The fraction of sp³-hybridized carbons (Fsp3) is 0.333. The van der Waals surface area contributed by atoms with E-state index >= 15 is 0 Å². The largest absolute Gasteiger partial charge is 0.493 e. The molecule has 0 fully saturated rings. The van der Waals surface area contributed by atoms with Gasteiger partial charge in [0.05, 0.1) is 14.2 Å². The summed E-state index contributed by atoms with van der Waals surface area (Å²) in [6.07, 6.45) is 0.916. The van der Waals surface area contributed by atoms with Crippen LogP contribution in [0.4, 0.5) is 4.79 Å². The molecule has 0 spiro atoms. The maximum absolute atomic E-state index is 12.3. The third-order valence-electron chi connectivity index (χ3n) is 4.27. The van der Waals surface area contributed by atoms with Gasteiger partial charge in [0.25, 0.3) is 0 Å². The summed E-state index contributed by atoms with van der Waals surface area (Å²) in [5.41, 5.74) is 1.90. The first-order chi connectivity index (χ1) is 13.5. The lowest BCUT2D eigenvalue weighted by Crippen LogP contribution is -2.43. The third kappa shape index (κ3) is 6.83. The molecule has 0 aliphatic carbocycles. The fourth-order valence-electron chi connectivity index (χ4n) is 2.83. The number of rotatable bonds is 10. The van der Waals surface area contributed by atoms with Crippen molar-refractivity contribution in [3.8, 4) is 11.5 Å². The number of carboxylic acids is 1. The van der Waals surface area contributed by atoms with Crippen molar-refractivity contribution in [2.45, 2.75) is 31.8 Å². The highest BCUT2D eigenvalue weighted by atomic mass is 16.5. The van der Waals surface area contributed by atoms with Crippen molar-refractivity contribution in [3.05, 3.63) is 59.7 Å². The molecule has 0 aromatic heterocycles. The first-order valence-corrected chi connectivity index (χ1v) is 9.02. The summed E-state index contributed by atoms with van der Waals surface area (Å²) in [5.74, 6) is 0.323. The lowest BCUT2D eigenvalue weighted by Gasteiger charge is -2.19. The normalized spacial score (nSPS) is 11.4. The van der Waals surface area contributed by atoms with Gasteiger partial charge in [-0.2, -0.15) is 0 Å². The van der Waals surface area contributed by atoms with Crippen LogP contribution in [0.2, 0.25) is 0 Å². The molecule has 1 atom stereocenters. The number of carbonyl (C=O) groups is 2. The molecular weight excluding hydrogens is 360 g/mol. The Bertz CT molecular complexity index is 780. The lowest BCUT2D eigenvalue weighted by molar-refractivity contribution is -0.137. The molecule has 0 bridgehead atoms. The van der Waals surface area contributed by atoms with E-state index in [1.807, 2.05) is 36.4 Å². The molecule has 0 aliphatic rings. The topological polar surface area (TPSA) is 96.9 Å². The van der Waals surface area contributed by atoms with Crippen LogP contribution in [0, 0.1) is 0 Å². The Morgan fingerprint density at radius 3 is 2.36 bits per heavy atom. The number of nitrogens with one attached hydrogen (secondary N) is 2. The number of carboxylic acid groups (broad SMARTS) is 1. The molecule has 0 heterocycles. The molecule has 2 aromatic rings. The molecule has 3 N–H and O–H groups in total. The monoisotopic (exact) mass is 386 g/mol. The highest BCUT2D eigenvalue weighted by Crippen LogP contribution is 2.27. The van der Waals surface area contributed by atoms with Gasteiger partial charge in [0.2, 0.25) is 0 Å². The number of aliphatic carboxylic acids is 1. The van der Waals surface area contributed by atoms with Gasteiger partial charge in [-0.1, -0.05) is 36.4 Å². The summed E-state index contributed by atoms with van der Waals surface area (Å²) in [4.78, 5) is 23.2. The summed E-state index contributed by atoms with van der Waals surface area (Å²) in [7, 11) is 3.12. The summed E-state index contributed by atoms with van der Waals surface area (Å²) in [6.45, 7) is 0.309. The van der Waals surface area contributed by atoms with Crippen LogP contribution >= 0.6 is 0 Å². The Kier molecular flexibility index (Phi) is 8.14. The minimum atomic E-state index is -0.884. The van der Waals surface area contributed by atoms with Crippen LogP contribution in [-0.4, -0.2) is 37.4 Å². The van der Waals surface area contributed by atoms with Crippen molar-refractivity contribution in [2.75, 3.05) is 14.2 Å². The van der Waals surface area contributed by atoms with E-state index in [-0.39, 0.29) is 18.5 Å². The van der Waals surface area contributed by atoms with Gasteiger partial charge in [-0.25, -0.2) is 4.79 Å². The zero-order valence-electron chi connectivity index (χ0n) is 16.1. The predicted octanol–water partition coefficient (Wildman–Crippen LogP) is 2.98. The number of benzene rings is 2. The molecule has 0 aliphatic heterocycles. The standard InChI is InChI=1S/C21H26N2O5/c1-27-18-10-8-16(13-19(18)28-2)14-22-21(26)23-17(9-11-20(24)25)12-15-6-4-3-5-7-15/h3-8,10,13,17H,9,11-12,14H2,1-2H3,(H,24,25)(H2,22,23,26). The molecule has 7 nitrogen and oxygen atoms in total. The van der Waals surface area contributed by atoms with Crippen molar-refractivity contribution in [3.63, 3.8) is 0 Å². The van der Waals surface area contributed by atoms with Gasteiger partial charge in [-0.15, -0.1) is 0 Å². The van der Waals surface area contributed by atoms with Crippen molar-refractivity contribution in [2.24, 2.45) is 0 Å². The van der Waals surface area contributed by atoms with Crippen molar-refractivity contribution in [1.82, 2.24) is 10.6 Å². The van der Waals surface area contributed by atoms with E-state index < -0.39 is 5.97 Å². The van der Waals surface area contributed by atoms with Crippen LogP contribution in [0.1, 0.15) is 24.0 Å². The van der Waals surface area contributed by atoms with Gasteiger partial charge < -0.3 is 25.2 Å². The second kappa shape index (κ2) is 10.8. The molecule has 1 unspecified atom stereocenters. The smallest absolute Gasteiger partial charge is 0.315 e. The number of hydrogen-bond donors (Lipinski definition) is 3. The van der Waals surface area contributed by atoms with E-state index in [2.05, 4.69) is 10.6 Å². The lowest BCUT2D eigenvalue weighted by atomic mass is 10.0. The molecule has 150 valence electrons. The summed E-state index contributed by atoms with van der Waals surface area (Å²) >= 11 is 0. The van der Waals surface area contributed by atoms with Gasteiger partial charge in [0, 0.05) is 19.0 Å². The second-order valence-corrected chi connectivity index (χ2v) is 6.34. The number of carbonyl (C=O) groups excluding carboxylic acids is 1. The second-order valence-electron chi connectivity index (χ2n) is 6.34. The number of amides is 2. The average Bonchev–Trinajstić information content (AvgIpc) is 2.71. The van der Waals surface area contributed by atoms with Crippen LogP contribution in [-0.2, 0) is 17.8 Å². The molecule has 7 heteroatoms. The molecule has 2 rings (SSSR count). The molecule has 0 saturated heterocycles. The number of ether oxygens (including phenoxy) is 2. The van der Waals surface area contributed by atoms with E-state index in [0.29, 0.717) is 30.9 Å².